The molecule has 1 radical (unpaired) electrons. The predicted octanol–water partition coefficient (Wildman–Crippen LogP) is 0.771. The van der Waals surface area contributed by atoms with Crippen molar-refractivity contribution in [3.63, 3.8) is 0 Å². The SMILES string of the molecule is [CH2-]NC.[CH2-]NC(C)C.[V+2]. The first-order chi connectivity index (χ1) is 3.68. The summed E-state index contributed by atoms with van der Waals surface area (Å²) in [7, 11) is 8.44. The molecule has 0 spiro atoms. The summed E-state index contributed by atoms with van der Waals surface area (Å²) < 4.78 is 0. The van der Waals surface area contributed by atoms with Crippen LogP contribution in [0.25, 0.3) is 0 Å². The van der Waals surface area contributed by atoms with Crippen molar-refractivity contribution >= 4 is 0 Å². The van der Waals surface area contributed by atoms with Gasteiger partial charge in [0.25, 0.3) is 0 Å². The van der Waals surface area contributed by atoms with E-state index in [1.165, 1.54) is 0 Å². The number of rotatable bonds is 1. The van der Waals surface area contributed by atoms with Gasteiger partial charge in [0.2, 0.25) is 0 Å². The van der Waals surface area contributed by atoms with E-state index in [0.29, 0.717) is 6.04 Å². The molecule has 0 aliphatic rings. The van der Waals surface area contributed by atoms with E-state index in [2.05, 4.69) is 24.7 Å². The Morgan fingerprint density at radius 2 is 1.33 bits per heavy atom. The summed E-state index contributed by atoms with van der Waals surface area (Å²) in [4.78, 5) is 0. The van der Waals surface area contributed by atoms with Gasteiger partial charge in [-0.05, 0) is 13.1 Å². The summed E-state index contributed by atoms with van der Waals surface area (Å²) >= 11 is 0. The van der Waals surface area contributed by atoms with Crippen LogP contribution >= 0.6 is 0 Å². The molecular formula is C6H16N2V. The van der Waals surface area contributed by atoms with Gasteiger partial charge in [-0.3, -0.25) is 14.1 Å². The Labute approximate surface area is 70.7 Å². The second-order valence-corrected chi connectivity index (χ2v) is 1.71. The first kappa shape index (κ1) is 16.2. The van der Waals surface area contributed by atoms with Crippen LogP contribution in [0.3, 0.4) is 0 Å². The summed E-state index contributed by atoms with van der Waals surface area (Å²) in [5.74, 6) is 0. The molecule has 0 aromatic carbocycles. The normalized spacial score (nSPS) is 7.33. The Morgan fingerprint density at radius 1 is 1.22 bits per heavy atom. The van der Waals surface area contributed by atoms with Gasteiger partial charge >= 0.3 is 18.6 Å². The van der Waals surface area contributed by atoms with Gasteiger partial charge < -0.3 is 10.6 Å². The third kappa shape index (κ3) is 57.4. The Kier molecular flexibility index (Phi) is 28.5. The second kappa shape index (κ2) is 15.8. The molecule has 0 fully saturated rings. The molecule has 0 aromatic heterocycles. The zero-order valence-electron chi connectivity index (χ0n) is 6.44. The van der Waals surface area contributed by atoms with E-state index in [1.807, 2.05) is 13.8 Å². The number of hydrogen-bond acceptors (Lipinski definition) is 2. The van der Waals surface area contributed by atoms with Gasteiger partial charge in [-0.1, -0.05) is 13.8 Å². The van der Waals surface area contributed by atoms with Gasteiger partial charge in [0.1, 0.15) is 0 Å². The summed E-state index contributed by atoms with van der Waals surface area (Å²) in [6.07, 6.45) is 0. The number of nitrogens with one attached hydrogen (secondary N) is 2. The number of hydrogen-bond donors (Lipinski definition) is 2. The summed E-state index contributed by atoms with van der Waals surface area (Å²) in [5.41, 5.74) is 0. The van der Waals surface area contributed by atoms with E-state index in [1.54, 1.807) is 7.05 Å². The molecule has 0 bridgehead atoms. The average Bonchev–Trinajstić information content (AvgIpc) is 1.69. The maximum Gasteiger partial charge on any atom is 2.00 e. The molecule has 0 saturated carbocycles. The zero-order valence-corrected chi connectivity index (χ0v) is 7.84. The third-order valence-corrected chi connectivity index (χ3v) is 0.408. The van der Waals surface area contributed by atoms with Crippen molar-refractivity contribution in [1.82, 2.24) is 10.6 Å². The molecule has 0 aliphatic carbocycles. The smallest absolute Gasteiger partial charge is 0.475 e. The van der Waals surface area contributed by atoms with Crippen LogP contribution in [0.1, 0.15) is 13.8 Å². The molecule has 2 nitrogen and oxygen atoms in total. The second-order valence-electron chi connectivity index (χ2n) is 1.71. The minimum Gasteiger partial charge on any atom is -0.475 e. The van der Waals surface area contributed by atoms with E-state index in [9.17, 15) is 0 Å². The van der Waals surface area contributed by atoms with Crippen LogP contribution in [-0.4, -0.2) is 13.1 Å². The van der Waals surface area contributed by atoms with E-state index < -0.39 is 0 Å². The molecule has 2 N–H and O–H groups in total. The van der Waals surface area contributed by atoms with E-state index >= 15 is 0 Å². The Bertz CT molecular complexity index is 32.2. The fourth-order valence-corrected chi connectivity index (χ4v) is 0. The van der Waals surface area contributed by atoms with Crippen molar-refractivity contribution in [2.45, 2.75) is 19.9 Å². The minimum atomic E-state index is 0. The van der Waals surface area contributed by atoms with Gasteiger partial charge in [0.05, 0.1) is 0 Å². The summed E-state index contributed by atoms with van der Waals surface area (Å²) in [6, 6.07) is 0.523. The molecule has 0 amide bonds. The summed E-state index contributed by atoms with van der Waals surface area (Å²) in [6.45, 7) is 4.10. The van der Waals surface area contributed by atoms with Crippen LogP contribution in [0.15, 0.2) is 0 Å². The Morgan fingerprint density at radius 3 is 1.33 bits per heavy atom. The molecule has 0 rings (SSSR count). The largest absolute Gasteiger partial charge is 2.00 e. The van der Waals surface area contributed by atoms with Crippen molar-refractivity contribution in [2.24, 2.45) is 0 Å². The fraction of sp³-hybridized carbons (Fsp3) is 0.667. The van der Waals surface area contributed by atoms with E-state index in [-0.39, 0.29) is 18.6 Å². The predicted molar refractivity (Wildman–Crippen MR) is 38.0 cm³/mol. The Balaban J connectivity index is -0.0000000800. The van der Waals surface area contributed by atoms with Crippen LogP contribution < -0.4 is 10.6 Å². The quantitative estimate of drug-likeness (QED) is 0.564. The molecule has 0 saturated heterocycles. The molecule has 0 aromatic rings. The maximum absolute atomic E-state index is 3.44. The summed E-state index contributed by atoms with van der Waals surface area (Å²) in [5, 5.41) is 5.28. The van der Waals surface area contributed by atoms with Crippen molar-refractivity contribution in [2.75, 3.05) is 7.05 Å². The van der Waals surface area contributed by atoms with Crippen molar-refractivity contribution in [1.29, 1.82) is 0 Å². The van der Waals surface area contributed by atoms with Crippen LogP contribution in [0.2, 0.25) is 0 Å². The first-order valence-electron chi connectivity index (χ1n) is 2.65. The van der Waals surface area contributed by atoms with Crippen molar-refractivity contribution in [3.8, 4) is 0 Å². The van der Waals surface area contributed by atoms with Crippen LogP contribution in [0.5, 0.6) is 0 Å². The van der Waals surface area contributed by atoms with Crippen molar-refractivity contribution < 1.29 is 18.6 Å². The van der Waals surface area contributed by atoms with Crippen LogP contribution in [-0.2, 0) is 18.6 Å². The van der Waals surface area contributed by atoms with Gasteiger partial charge in [0.15, 0.2) is 0 Å². The first-order valence-corrected chi connectivity index (χ1v) is 2.65. The monoisotopic (exact) mass is 167 g/mol. The fourth-order valence-electron chi connectivity index (χ4n) is 0. The van der Waals surface area contributed by atoms with Crippen molar-refractivity contribution in [3.05, 3.63) is 14.1 Å². The molecule has 0 aliphatic heterocycles. The standard InChI is InChI=1S/C4H10N.C2H6N.V/c1-4(2)5-3;1-3-2;/h4-5H,3H2,1-2H3;3H,1H2,2H3;/q2*-1;+2. The van der Waals surface area contributed by atoms with Crippen LogP contribution in [0.4, 0.5) is 0 Å². The van der Waals surface area contributed by atoms with Gasteiger partial charge in [-0.15, -0.1) is 0 Å². The van der Waals surface area contributed by atoms with Gasteiger partial charge in [-0.2, -0.15) is 0 Å². The minimum absolute atomic E-state index is 0. The van der Waals surface area contributed by atoms with E-state index in [0.717, 1.165) is 0 Å². The van der Waals surface area contributed by atoms with Gasteiger partial charge in [0, 0.05) is 0 Å². The molecular weight excluding hydrogens is 151 g/mol. The molecule has 3 heteroatoms. The molecule has 0 atom stereocenters. The molecule has 55 valence electrons. The van der Waals surface area contributed by atoms with E-state index in [4.69, 9.17) is 0 Å². The maximum atomic E-state index is 3.44. The average molecular weight is 167 g/mol. The van der Waals surface area contributed by atoms with Crippen LogP contribution in [0, 0.1) is 14.1 Å². The van der Waals surface area contributed by atoms with Gasteiger partial charge in [-0.25, -0.2) is 0 Å². The topological polar surface area (TPSA) is 24.1 Å². The third-order valence-electron chi connectivity index (χ3n) is 0.408. The Hall–Kier alpha value is 0.504. The molecule has 0 heterocycles. The molecule has 0 unspecified atom stereocenters. The zero-order chi connectivity index (χ0) is 6.99. The molecule has 9 heavy (non-hydrogen) atoms.